The van der Waals surface area contributed by atoms with Gasteiger partial charge in [0, 0.05) is 29.4 Å². The highest BCUT2D eigenvalue weighted by Crippen LogP contribution is 2.35. The van der Waals surface area contributed by atoms with E-state index in [0.717, 1.165) is 12.8 Å². The van der Waals surface area contributed by atoms with E-state index < -0.39 is 6.09 Å². The van der Waals surface area contributed by atoms with Crippen molar-refractivity contribution in [2.45, 2.75) is 43.9 Å². The number of carbonyl (C=O) groups is 1. The number of halogens is 2. The summed E-state index contributed by atoms with van der Waals surface area (Å²) in [6, 6.07) is 5.18. The maximum absolute atomic E-state index is 13.0. The Bertz CT molecular complexity index is 540. The summed E-state index contributed by atoms with van der Waals surface area (Å²) in [4.78, 5) is 14.4. The molecule has 2 heterocycles. The van der Waals surface area contributed by atoms with Gasteiger partial charge in [-0.15, -0.1) is 0 Å². The van der Waals surface area contributed by atoms with Crippen molar-refractivity contribution in [1.82, 2.24) is 4.90 Å². The zero-order valence-corrected chi connectivity index (χ0v) is 13.4. The molecule has 2 aliphatic rings. The zero-order chi connectivity index (χ0) is 15.0. The van der Waals surface area contributed by atoms with Crippen molar-refractivity contribution in [3.8, 4) is 0 Å². The first-order chi connectivity index (χ1) is 10.0. The molecule has 0 aromatic heterocycles. The summed E-state index contributed by atoms with van der Waals surface area (Å²) in [7, 11) is 2.15. The lowest BCUT2D eigenvalue weighted by Crippen LogP contribution is -2.43. The second-order valence-electron chi connectivity index (χ2n) is 5.80. The summed E-state index contributed by atoms with van der Waals surface area (Å²) in [5, 5.41) is 2.66. The van der Waals surface area contributed by atoms with Gasteiger partial charge in [0.2, 0.25) is 0 Å². The molecule has 0 spiro atoms. The molecule has 2 bridgehead atoms. The van der Waals surface area contributed by atoms with E-state index in [2.05, 4.69) is 33.2 Å². The fourth-order valence-corrected chi connectivity index (χ4v) is 3.79. The van der Waals surface area contributed by atoms with Crippen molar-refractivity contribution in [2.24, 2.45) is 0 Å². The minimum atomic E-state index is -0.476. The van der Waals surface area contributed by atoms with Crippen molar-refractivity contribution >= 4 is 27.7 Å². The topological polar surface area (TPSA) is 41.6 Å². The van der Waals surface area contributed by atoms with E-state index in [0.29, 0.717) is 22.2 Å². The van der Waals surface area contributed by atoms with E-state index in [1.54, 1.807) is 0 Å². The Morgan fingerprint density at radius 2 is 2.05 bits per heavy atom. The predicted molar refractivity (Wildman–Crippen MR) is 81.8 cm³/mol. The maximum atomic E-state index is 13.0. The number of ether oxygens (including phenoxy) is 1. The maximum Gasteiger partial charge on any atom is 0.411 e. The number of benzene rings is 1. The molecule has 6 heteroatoms. The molecule has 1 aromatic rings. The molecule has 4 nitrogen and oxygen atoms in total. The molecular weight excluding hydrogens is 339 g/mol. The van der Waals surface area contributed by atoms with Gasteiger partial charge in [0.15, 0.2) is 0 Å². The Morgan fingerprint density at radius 3 is 2.67 bits per heavy atom. The van der Waals surface area contributed by atoms with E-state index in [-0.39, 0.29) is 11.9 Å². The molecule has 114 valence electrons. The van der Waals surface area contributed by atoms with Crippen LogP contribution in [0.2, 0.25) is 0 Å². The molecule has 2 fully saturated rings. The molecule has 0 unspecified atom stereocenters. The molecule has 2 aliphatic heterocycles. The Morgan fingerprint density at radius 1 is 1.38 bits per heavy atom. The molecule has 0 aliphatic carbocycles. The van der Waals surface area contributed by atoms with Crippen LogP contribution in [0.3, 0.4) is 0 Å². The summed E-state index contributed by atoms with van der Waals surface area (Å²) < 4.78 is 19.0. The number of amides is 1. The van der Waals surface area contributed by atoms with Gasteiger partial charge in [-0.25, -0.2) is 9.18 Å². The van der Waals surface area contributed by atoms with Crippen LogP contribution in [-0.2, 0) is 4.74 Å². The summed E-state index contributed by atoms with van der Waals surface area (Å²) in [5.41, 5.74) is 0.511. The normalized spacial score (nSPS) is 28.4. The van der Waals surface area contributed by atoms with E-state index in [4.69, 9.17) is 4.74 Å². The summed E-state index contributed by atoms with van der Waals surface area (Å²) in [6.07, 6.45) is 3.66. The number of anilines is 1. The van der Waals surface area contributed by atoms with Crippen molar-refractivity contribution in [2.75, 3.05) is 12.4 Å². The SMILES string of the molecule is CN1[C@@H]2CC[C@H]1C[C@@H](OC(=O)Nc1ccc(F)cc1Br)C2. The zero-order valence-electron chi connectivity index (χ0n) is 11.8. The fraction of sp³-hybridized carbons (Fsp3) is 0.533. The summed E-state index contributed by atoms with van der Waals surface area (Å²) in [5.74, 6) is -0.354. The molecular formula is C15H18BrFN2O2. The van der Waals surface area contributed by atoms with Gasteiger partial charge in [0.1, 0.15) is 11.9 Å². The summed E-state index contributed by atoms with van der Waals surface area (Å²) >= 11 is 3.22. The van der Waals surface area contributed by atoms with Gasteiger partial charge < -0.3 is 9.64 Å². The molecule has 0 radical (unpaired) electrons. The van der Waals surface area contributed by atoms with Gasteiger partial charge in [-0.1, -0.05) is 0 Å². The Balaban J connectivity index is 1.57. The number of hydrogen-bond acceptors (Lipinski definition) is 3. The van der Waals surface area contributed by atoms with Crippen LogP contribution in [0, 0.1) is 5.82 Å². The van der Waals surface area contributed by atoms with Gasteiger partial charge in [0.25, 0.3) is 0 Å². The van der Waals surface area contributed by atoms with Gasteiger partial charge in [-0.05, 0) is 54.0 Å². The number of carbonyl (C=O) groups excluding carboxylic acids is 1. The van der Waals surface area contributed by atoms with Crippen LogP contribution in [0.4, 0.5) is 14.9 Å². The molecule has 1 N–H and O–H groups in total. The first-order valence-corrected chi connectivity index (χ1v) is 7.97. The highest BCUT2D eigenvalue weighted by molar-refractivity contribution is 9.10. The Hall–Kier alpha value is -1.14. The molecule has 0 saturated carbocycles. The van der Waals surface area contributed by atoms with Gasteiger partial charge in [-0.3, -0.25) is 5.32 Å². The average molecular weight is 357 g/mol. The van der Waals surface area contributed by atoms with Crippen molar-refractivity contribution in [3.05, 3.63) is 28.5 Å². The number of hydrogen-bond donors (Lipinski definition) is 1. The van der Waals surface area contributed by atoms with Crippen LogP contribution >= 0.6 is 15.9 Å². The number of piperidine rings is 1. The van der Waals surface area contributed by atoms with Crippen LogP contribution in [0.25, 0.3) is 0 Å². The fourth-order valence-electron chi connectivity index (χ4n) is 3.34. The van der Waals surface area contributed by atoms with E-state index >= 15 is 0 Å². The third-order valence-corrected chi connectivity index (χ3v) is 5.15. The smallest absolute Gasteiger partial charge is 0.411 e. The van der Waals surface area contributed by atoms with Crippen LogP contribution in [-0.4, -0.2) is 36.2 Å². The molecule has 1 amide bonds. The highest BCUT2D eigenvalue weighted by atomic mass is 79.9. The number of fused-ring (bicyclic) bond motifs is 2. The molecule has 3 atom stereocenters. The number of nitrogens with one attached hydrogen (secondary N) is 1. The monoisotopic (exact) mass is 356 g/mol. The van der Waals surface area contributed by atoms with Crippen LogP contribution < -0.4 is 5.32 Å². The molecule has 1 aromatic carbocycles. The molecule has 21 heavy (non-hydrogen) atoms. The van der Waals surface area contributed by atoms with E-state index in [9.17, 15) is 9.18 Å². The minimum absolute atomic E-state index is 0.0297. The van der Waals surface area contributed by atoms with Crippen molar-refractivity contribution in [1.29, 1.82) is 0 Å². The van der Waals surface area contributed by atoms with Crippen molar-refractivity contribution < 1.29 is 13.9 Å². The first-order valence-electron chi connectivity index (χ1n) is 7.17. The Kier molecular flexibility index (Phi) is 4.17. The van der Waals surface area contributed by atoms with Crippen LogP contribution in [0.1, 0.15) is 25.7 Å². The molecule has 3 rings (SSSR count). The lowest BCUT2D eigenvalue weighted by Gasteiger charge is -2.35. The van der Waals surface area contributed by atoms with Crippen LogP contribution in [0.5, 0.6) is 0 Å². The largest absolute Gasteiger partial charge is 0.446 e. The molecule has 2 saturated heterocycles. The van der Waals surface area contributed by atoms with Gasteiger partial charge >= 0.3 is 6.09 Å². The van der Waals surface area contributed by atoms with Gasteiger partial charge in [0.05, 0.1) is 5.69 Å². The third kappa shape index (κ3) is 3.21. The minimum Gasteiger partial charge on any atom is -0.446 e. The van der Waals surface area contributed by atoms with Gasteiger partial charge in [-0.2, -0.15) is 0 Å². The standard InChI is InChI=1S/C15H18BrFN2O2/c1-19-10-3-4-11(19)8-12(7-10)21-15(20)18-14-5-2-9(17)6-13(14)16/h2,5-6,10-12H,3-4,7-8H2,1H3,(H,18,20)/t10-,11+,12+. The second-order valence-corrected chi connectivity index (χ2v) is 6.65. The number of nitrogens with zero attached hydrogens (tertiary/aromatic N) is 1. The summed E-state index contributed by atoms with van der Waals surface area (Å²) in [6.45, 7) is 0. The van der Waals surface area contributed by atoms with Crippen molar-refractivity contribution in [3.63, 3.8) is 0 Å². The lowest BCUT2D eigenvalue weighted by molar-refractivity contribution is 0.0348. The Labute approximate surface area is 131 Å². The number of rotatable bonds is 2. The van der Waals surface area contributed by atoms with Crippen LogP contribution in [0.15, 0.2) is 22.7 Å². The third-order valence-electron chi connectivity index (χ3n) is 4.50. The van der Waals surface area contributed by atoms with E-state index in [1.165, 1.54) is 31.0 Å². The van der Waals surface area contributed by atoms with E-state index in [1.807, 2.05) is 0 Å². The second kappa shape index (κ2) is 5.93. The highest BCUT2D eigenvalue weighted by Gasteiger charge is 2.39. The lowest BCUT2D eigenvalue weighted by atomic mass is 10.0. The first kappa shape index (κ1) is 14.8. The predicted octanol–water partition coefficient (Wildman–Crippen LogP) is 3.76. The average Bonchev–Trinajstić information content (AvgIpc) is 2.64. The quantitative estimate of drug-likeness (QED) is 0.876.